The van der Waals surface area contributed by atoms with Crippen LogP contribution >= 0.6 is 11.6 Å². The first kappa shape index (κ1) is 6.98. The third-order valence-electron chi connectivity index (χ3n) is 1.99. The van der Waals surface area contributed by atoms with E-state index in [-0.39, 0.29) is 0 Å². The number of aromatic nitrogens is 2. The Morgan fingerprint density at radius 2 is 2.45 bits per heavy atom. The summed E-state index contributed by atoms with van der Waals surface area (Å²) in [5.41, 5.74) is 1.17. The maximum Gasteiger partial charge on any atom is 0.156 e. The zero-order valence-electron chi connectivity index (χ0n) is 6.39. The Morgan fingerprint density at radius 1 is 1.64 bits per heavy atom. The number of anilines is 1. The van der Waals surface area contributed by atoms with Gasteiger partial charge in [0.1, 0.15) is 5.82 Å². The Kier molecular flexibility index (Phi) is 1.53. The van der Waals surface area contributed by atoms with Crippen LogP contribution in [0.15, 0.2) is 0 Å². The smallest absolute Gasteiger partial charge is 0.156 e. The number of halogens is 1. The molecule has 1 aliphatic heterocycles. The van der Waals surface area contributed by atoms with E-state index in [2.05, 4.69) is 10.4 Å². The van der Waals surface area contributed by atoms with Gasteiger partial charge in [0.25, 0.3) is 0 Å². The quantitative estimate of drug-likeness (QED) is 0.640. The molecule has 3 nitrogen and oxygen atoms in total. The Morgan fingerprint density at radius 3 is 3.18 bits per heavy atom. The maximum atomic E-state index is 5.89. The van der Waals surface area contributed by atoms with Gasteiger partial charge >= 0.3 is 0 Å². The van der Waals surface area contributed by atoms with Gasteiger partial charge in [-0.3, -0.25) is 4.68 Å². The van der Waals surface area contributed by atoms with Crippen molar-refractivity contribution in [2.24, 2.45) is 7.05 Å². The topological polar surface area (TPSA) is 29.9 Å². The summed E-state index contributed by atoms with van der Waals surface area (Å²) < 4.78 is 1.80. The Bertz CT molecular complexity index is 253. The molecule has 0 radical (unpaired) electrons. The van der Waals surface area contributed by atoms with E-state index in [1.807, 2.05) is 7.05 Å². The molecule has 0 aliphatic carbocycles. The number of aryl methyl sites for hydroxylation is 1. The minimum Gasteiger partial charge on any atom is -0.370 e. The zero-order chi connectivity index (χ0) is 7.84. The Hall–Kier alpha value is -0.700. The molecular formula is C7H10ClN3. The summed E-state index contributed by atoms with van der Waals surface area (Å²) in [4.78, 5) is 0. The predicted octanol–water partition coefficient (Wildman–Crippen LogP) is 1.43. The van der Waals surface area contributed by atoms with Crippen molar-refractivity contribution in [1.29, 1.82) is 0 Å². The molecule has 2 heterocycles. The van der Waals surface area contributed by atoms with Gasteiger partial charge < -0.3 is 5.32 Å². The van der Waals surface area contributed by atoms with Gasteiger partial charge in [0, 0.05) is 19.2 Å². The molecule has 60 valence electrons. The van der Waals surface area contributed by atoms with E-state index in [1.165, 1.54) is 5.56 Å². The monoisotopic (exact) mass is 171 g/mol. The van der Waals surface area contributed by atoms with Gasteiger partial charge in [0.05, 0.1) is 0 Å². The standard InChI is InChI=1S/C7H10ClN3/c1-11-7-5(6(8)10-11)3-2-4-9-7/h9H,2-4H2,1H3. The lowest BCUT2D eigenvalue weighted by molar-refractivity contribution is 0.749. The van der Waals surface area contributed by atoms with E-state index >= 15 is 0 Å². The highest BCUT2D eigenvalue weighted by Crippen LogP contribution is 2.27. The third-order valence-corrected chi connectivity index (χ3v) is 2.30. The molecule has 0 bridgehead atoms. The lowest BCUT2D eigenvalue weighted by Crippen LogP contribution is -2.13. The van der Waals surface area contributed by atoms with Crippen LogP contribution in [-0.2, 0) is 13.5 Å². The van der Waals surface area contributed by atoms with Gasteiger partial charge in [0.2, 0.25) is 0 Å². The molecule has 0 spiro atoms. The molecule has 1 aromatic heterocycles. The number of hydrogen-bond acceptors (Lipinski definition) is 2. The van der Waals surface area contributed by atoms with Crippen LogP contribution in [0.1, 0.15) is 12.0 Å². The average molecular weight is 172 g/mol. The van der Waals surface area contributed by atoms with Crippen molar-refractivity contribution in [3.8, 4) is 0 Å². The Balaban J connectivity index is 2.52. The van der Waals surface area contributed by atoms with Crippen LogP contribution in [0.25, 0.3) is 0 Å². The maximum absolute atomic E-state index is 5.89. The fourth-order valence-corrected chi connectivity index (χ4v) is 1.75. The number of nitrogens with zero attached hydrogens (tertiary/aromatic N) is 2. The van der Waals surface area contributed by atoms with Crippen LogP contribution in [0.5, 0.6) is 0 Å². The summed E-state index contributed by atoms with van der Waals surface area (Å²) in [5, 5.41) is 8.03. The average Bonchev–Trinajstić information content (AvgIpc) is 2.30. The molecule has 0 saturated carbocycles. The van der Waals surface area contributed by atoms with E-state index in [1.54, 1.807) is 4.68 Å². The summed E-state index contributed by atoms with van der Waals surface area (Å²) >= 11 is 5.89. The third kappa shape index (κ3) is 0.997. The van der Waals surface area contributed by atoms with Crippen molar-refractivity contribution in [3.63, 3.8) is 0 Å². The van der Waals surface area contributed by atoms with Crippen molar-refractivity contribution in [2.45, 2.75) is 12.8 Å². The molecular weight excluding hydrogens is 162 g/mol. The van der Waals surface area contributed by atoms with Gasteiger partial charge in [-0.1, -0.05) is 11.6 Å². The van der Waals surface area contributed by atoms with Crippen LogP contribution in [-0.4, -0.2) is 16.3 Å². The zero-order valence-corrected chi connectivity index (χ0v) is 7.15. The summed E-state index contributed by atoms with van der Waals surface area (Å²) in [5.74, 6) is 1.08. The SMILES string of the molecule is Cn1nc(Cl)c2c1NCCC2. The van der Waals surface area contributed by atoms with E-state index in [4.69, 9.17) is 11.6 Å². The number of nitrogens with one attached hydrogen (secondary N) is 1. The van der Waals surface area contributed by atoms with Crippen LogP contribution in [0.4, 0.5) is 5.82 Å². The van der Waals surface area contributed by atoms with Crippen LogP contribution in [0.3, 0.4) is 0 Å². The molecule has 0 saturated heterocycles. The van der Waals surface area contributed by atoms with Crippen LogP contribution in [0.2, 0.25) is 5.15 Å². The van der Waals surface area contributed by atoms with E-state index < -0.39 is 0 Å². The molecule has 0 aromatic carbocycles. The largest absolute Gasteiger partial charge is 0.370 e. The summed E-state index contributed by atoms with van der Waals surface area (Å²) in [6.07, 6.45) is 2.20. The number of fused-ring (bicyclic) bond motifs is 1. The number of rotatable bonds is 0. The van der Waals surface area contributed by atoms with Crippen molar-refractivity contribution in [1.82, 2.24) is 9.78 Å². The molecule has 1 aliphatic rings. The summed E-state index contributed by atoms with van der Waals surface area (Å²) in [6.45, 7) is 1.03. The van der Waals surface area contributed by atoms with E-state index in [0.29, 0.717) is 5.15 Å². The first-order valence-corrected chi connectivity index (χ1v) is 4.12. The molecule has 0 unspecified atom stereocenters. The first-order chi connectivity index (χ1) is 5.29. The van der Waals surface area contributed by atoms with Crippen LogP contribution < -0.4 is 5.32 Å². The lowest BCUT2D eigenvalue weighted by atomic mass is 10.1. The molecule has 0 atom stereocenters. The molecule has 1 N–H and O–H groups in total. The second-order valence-corrected chi connectivity index (χ2v) is 3.13. The molecule has 0 fully saturated rings. The van der Waals surface area contributed by atoms with Gasteiger partial charge in [0.15, 0.2) is 5.15 Å². The molecule has 1 aromatic rings. The highest BCUT2D eigenvalue weighted by molar-refractivity contribution is 6.30. The van der Waals surface area contributed by atoms with Crippen molar-refractivity contribution >= 4 is 17.4 Å². The minimum atomic E-state index is 0.648. The predicted molar refractivity (Wildman–Crippen MR) is 45.0 cm³/mol. The van der Waals surface area contributed by atoms with Gasteiger partial charge in [-0.05, 0) is 12.8 Å². The van der Waals surface area contributed by atoms with Gasteiger partial charge in [-0.15, -0.1) is 0 Å². The van der Waals surface area contributed by atoms with Crippen LogP contribution in [0, 0.1) is 0 Å². The lowest BCUT2D eigenvalue weighted by Gasteiger charge is -2.13. The fraction of sp³-hybridized carbons (Fsp3) is 0.571. The Labute approximate surface area is 70.3 Å². The van der Waals surface area contributed by atoms with Crippen molar-refractivity contribution < 1.29 is 0 Å². The van der Waals surface area contributed by atoms with E-state index in [0.717, 1.165) is 25.2 Å². The second kappa shape index (κ2) is 2.41. The highest BCUT2D eigenvalue weighted by Gasteiger charge is 2.16. The van der Waals surface area contributed by atoms with Crippen molar-refractivity contribution in [2.75, 3.05) is 11.9 Å². The van der Waals surface area contributed by atoms with Gasteiger partial charge in [-0.25, -0.2) is 0 Å². The molecule has 0 amide bonds. The van der Waals surface area contributed by atoms with Crippen molar-refractivity contribution in [3.05, 3.63) is 10.7 Å². The highest BCUT2D eigenvalue weighted by atomic mass is 35.5. The normalized spacial score (nSPS) is 15.8. The fourth-order valence-electron chi connectivity index (χ4n) is 1.45. The molecule has 11 heavy (non-hydrogen) atoms. The number of hydrogen-bond donors (Lipinski definition) is 1. The minimum absolute atomic E-state index is 0.648. The molecule has 2 rings (SSSR count). The summed E-state index contributed by atoms with van der Waals surface area (Å²) in [7, 11) is 1.91. The van der Waals surface area contributed by atoms with E-state index in [9.17, 15) is 0 Å². The molecule has 4 heteroatoms. The van der Waals surface area contributed by atoms with Gasteiger partial charge in [-0.2, -0.15) is 5.10 Å². The second-order valence-electron chi connectivity index (χ2n) is 2.77. The summed E-state index contributed by atoms with van der Waals surface area (Å²) in [6, 6.07) is 0. The first-order valence-electron chi connectivity index (χ1n) is 3.74.